The lowest BCUT2D eigenvalue weighted by molar-refractivity contribution is 0.0973. The molecule has 1 saturated carbocycles. The second-order valence-electron chi connectivity index (χ2n) is 4.55. The van der Waals surface area contributed by atoms with Gasteiger partial charge in [0.2, 0.25) is 0 Å². The minimum Gasteiger partial charge on any atom is -0.294 e. The van der Waals surface area contributed by atoms with Crippen LogP contribution in [0.5, 0.6) is 0 Å². The summed E-state index contributed by atoms with van der Waals surface area (Å²) in [6.07, 6.45) is 2.87. The van der Waals surface area contributed by atoms with E-state index in [1.54, 1.807) is 6.92 Å². The van der Waals surface area contributed by atoms with Gasteiger partial charge in [-0.3, -0.25) is 4.79 Å². The SMILES string of the molecule is CC(C#N)CC(=O)c1ccc(C2CC2)cc1. The van der Waals surface area contributed by atoms with Crippen molar-refractivity contribution in [2.45, 2.75) is 32.1 Å². The van der Waals surface area contributed by atoms with Gasteiger partial charge >= 0.3 is 0 Å². The van der Waals surface area contributed by atoms with E-state index in [0.29, 0.717) is 6.42 Å². The van der Waals surface area contributed by atoms with E-state index in [-0.39, 0.29) is 11.7 Å². The summed E-state index contributed by atoms with van der Waals surface area (Å²) in [5.74, 6) is 0.592. The molecule has 1 aromatic rings. The van der Waals surface area contributed by atoms with Crippen LogP contribution in [0.15, 0.2) is 24.3 Å². The Kier molecular flexibility index (Phi) is 3.05. The third kappa shape index (κ3) is 2.49. The standard InChI is InChI=1S/C14H15NO/c1-10(9-15)8-14(16)13-6-4-12(5-7-13)11-2-3-11/h4-7,10-11H,2-3,8H2,1H3. The van der Waals surface area contributed by atoms with Crippen molar-refractivity contribution in [3.05, 3.63) is 35.4 Å². The van der Waals surface area contributed by atoms with Crippen LogP contribution in [0, 0.1) is 17.2 Å². The lowest BCUT2D eigenvalue weighted by Crippen LogP contribution is -2.04. The number of carbonyl (C=O) groups is 1. The van der Waals surface area contributed by atoms with Crippen LogP contribution in [0.25, 0.3) is 0 Å². The summed E-state index contributed by atoms with van der Waals surface area (Å²) < 4.78 is 0. The molecule has 0 spiro atoms. The summed E-state index contributed by atoms with van der Waals surface area (Å²) in [5.41, 5.74) is 2.07. The first-order valence-corrected chi connectivity index (χ1v) is 5.73. The van der Waals surface area contributed by atoms with Gasteiger partial charge in [0, 0.05) is 12.0 Å². The number of carbonyl (C=O) groups excluding carboxylic acids is 1. The zero-order chi connectivity index (χ0) is 11.5. The first-order valence-electron chi connectivity index (χ1n) is 5.73. The maximum Gasteiger partial charge on any atom is 0.164 e. The van der Waals surface area contributed by atoms with E-state index >= 15 is 0 Å². The van der Waals surface area contributed by atoms with Crippen LogP contribution in [-0.4, -0.2) is 5.78 Å². The molecule has 1 aromatic carbocycles. The molecule has 2 rings (SSSR count). The third-order valence-electron chi connectivity index (χ3n) is 2.99. The molecule has 0 aromatic heterocycles. The molecule has 0 saturated heterocycles. The smallest absolute Gasteiger partial charge is 0.164 e. The van der Waals surface area contributed by atoms with E-state index in [2.05, 4.69) is 6.07 Å². The van der Waals surface area contributed by atoms with Gasteiger partial charge < -0.3 is 0 Å². The topological polar surface area (TPSA) is 40.9 Å². The lowest BCUT2D eigenvalue weighted by atomic mass is 9.99. The summed E-state index contributed by atoms with van der Waals surface area (Å²) in [6, 6.07) is 9.95. The first kappa shape index (κ1) is 10.9. The molecule has 0 radical (unpaired) electrons. The molecule has 0 aliphatic heterocycles. The van der Waals surface area contributed by atoms with Crippen LogP contribution in [0.3, 0.4) is 0 Å². The van der Waals surface area contributed by atoms with Crippen LogP contribution in [0.2, 0.25) is 0 Å². The zero-order valence-corrected chi connectivity index (χ0v) is 9.44. The predicted molar refractivity (Wildman–Crippen MR) is 62.1 cm³/mol. The van der Waals surface area contributed by atoms with Gasteiger partial charge in [-0.2, -0.15) is 5.26 Å². The number of hydrogen-bond donors (Lipinski definition) is 0. The Morgan fingerprint density at radius 1 is 1.44 bits per heavy atom. The molecule has 1 unspecified atom stereocenters. The van der Waals surface area contributed by atoms with Crippen molar-refractivity contribution in [1.29, 1.82) is 5.26 Å². The molecular formula is C14H15NO. The van der Waals surface area contributed by atoms with E-state index in [1.165, 1.54) is 18.4 Å². The largest absolute Gasteiger partial charge is 0.294 e. The molecule has 0 amide bonds. The molecule has 16 heavy (non-hydrogen) atoms. The van der Waals surface area contributed by atoms with Crippen LogP contribution in [0.4, 0.5) is 0 Å². The summed E-state index contributed by atoms with van der Waals surface area (Å²) in [7, 11) is 0. The van der Waals surface area contributed by atoms with E-state index in [0.717, 1.165) is 11.5 Å². The Morgan fingerprint density at radius 2 is 2.06 bits per heavy atom. The maximum atomic E-state index is 11.8. The second kappa shape index (κ2) is 4.49. The molecule has 1 aliphatic rings. The molecule has 2 nitrogen and oxygen atoms in total. The monoisotopic (exact) mass is 213 g/mol. The highest BCUT2D eigenvalue weighted by atomic mass is 16.1. The van der Waals surface area contributed by atoms with Crippen LogP contribution in [-0.2, 0) is 0 Å². The van der Waals surface area contributed by atoms with Crippen molar-refractivity contribution < 1.29 is 4.79 Å². The number of nitrogens with zero attached hydrogens (tertiary/aromatic N) is 1. The van der Waals surface area contributed by atoms with Gasteiger partial charge in [0.25, 0.3) is 0 Å². The van der Waals surface area contributed by atoms with Gasteiger partial charge in [-0.1, -0.05) is 24.3 Å². The van der Waals surface area contributed by atoms with E-state index in [9.17, 15) is 4.79 Å². The van der Waals surface area contributed by atoms with Crippen molar-refractivity contribution >= 4 is 5.78 Å². The lowest BCUT2D eigenvalue weighted by Gasteiger charge is -2.03. The maximum absolute atomic E-state index is 11.8. The Morgan fingerprint density at radius 3 is 2.56 bits per heavy atom. The molecule has 82 valence electrons. The number of rotatable bonds is 4. The molecule has 0 N–H and O–H groups in total. The summed E-state index contributed by atoms with van der Waals surface area (Å²) in [4.78, 5) is 11.8. The number of ketones is 1. The predicted octanol–water partition coefficient (Wildman–Crippen LogP) is 3.30. The fraction of sp³-hybridized carbons (Fsp3) is 0.429. The molecule has 1 fully saturated rings. The average molecular weight is 213 g/mol. The number of Topliss-reactive ketones (excluding diaryl/α,β-unsaturated/α-hetero) is 1. The molecule has 2 heteroatoms. The van der Waals surface area contributed by atoms with Crippen molar-refractivity contribution in [3.8, 4) is 6.07 Å². The fourth-order valence-corrected chi connectivity index (χ4v) is 1.80. The van der Waals surface area contributed by atoms with Crippen molar-refractivity contribution in [2.24, 2.45) is 5.92 Å². The van der Waals surface area contributed by atoms with Crippen molar-refractivity contribution in [1.82, 2.24) is 0 Å². The Bertz CT molecular complexity index is 423. The summed E-state index contributed by atoms with van der Waals surface area (Å²) in [6.45, 7) is 1.77. The van der Waals surface area contributed by atoms with Gasteiger partial charge in [-0.25, -0.2) is 0 Å². The minimum absolute atomic E-state index is 0.0661. The van der Waals surface area contributed by atoms with Gasteiger partial charge in [0.15, 0.2) is 5.78 Å². The van der Waals surface area contributed by atoms with Crippen molar-refractivity contribution in [2.75, 3.05) is 0 Å². The Balaban J connectivity index is 2.03. The van der Waals surface area contributed by atoms with Gasteiger partial charge in [-0.05, 0) is 31.2 Å². The Hall–Kier alpha value is -1.62. The van der Waals surface area contributed by atoms with Crippen LogP contribution in [0.1, 0.15) is 48.0 Å². The number of nitriles is 1. The van der Waals surface area contributed by atoms with E-state index in [1.807, 2.05) is 24.3 Å². The highest BCUT2D eigenvalue weighted by Crippen LogP contribution is 2.39. The highest BCUT2D eigenvalue weighted by Gasteiger charge is 2.23. The fourth-order valence-electron chi connectivity index (χ4n) is 1.80. The van der Waals surface area contributed by atoms with Crippen molar-refractivity contribution in [3.63, 3.8) is 0 Å². The van der Waals surface area contributed by atoms with E-state index in [4.69, 9.17) is 5.26 Å². The quantitative estimate of drug-likeness (QED) is 0.720. The normalized spacial score (nSPS) is 16.5. The first-order chi connectivity index (χ1) is 7.70. The van der Waals surface area contributed by atoms with Crippen LogP contribution < -0.4 is 0 Å². The molecule has 1 aliphatic carbocycles. The average Bonchev–Trinajstić information content (AvgIpc) is 3.13. The molecule has 0 bridgehead atoms. The molecule has 1 atom stereocenters. The van der Waals surface area contributed by atoms with Crippen LogP contribution >= 0.6 is 0 Å². The van der Waals surface area contributed by atoms with Gasteiger partial charge in [0.1, 0.15) is 0 Å². The summed E-state index contributed by atoms with van der Waals surface area (Å²) >= 11 is 0. The second-order valence-corrected chi connectivity index (χ2v) is 4.55. The third-order valence-corrected chi connectivity index (χ3v) is 2.99. The van der Waals surface area contributed by atoms with E-state index < -0.39 is 0 Å². The molecular weight excluding hydrogens is 198 g/mol. The number of hydrogen-bond acceptors (Lipinski definition) is 2. The van der Waals surface area contributed by atoms with Gasteiger partial charge in [-0.15, -0.1) is 0 Å². The number of benzene rings is 1. The minimum atomic E-state index is -0.199. The zero-order valence-electron chi connectivity index (χ0n) is 9.44. The Labute approximate surface area is 95.9 Å². The molecule has 0 heterocycles. The summed E-state index contributed by atoms with van der Waals surface area (Å²) in [5, 5.41) is 8.65. The highest BCUT2D eigenvalue weighted by molar-refractivity contribution is 5.96. The van der Waals surface area contributed by atoms with Gasteiger partial charge in [0.05, 0.1) is 12.0 Å².